The number of aromatic nitrogens is 1. The summed E-state index contributed by atoms with van der Waals surface area (Å²) < 4.78 is 5.67. The number of rotatable bonds is 2. The van der Waals surface area contributed by atoms with Crippen LogP contribution in [0, 0.1) is 0 Å². The van der Waals surface area contributed by atoms with Crippen LogP contribution < -0.4 is 0 Å². The number of fused-ring (bicyclic) bond motifs is 1. The molecule has 80 valence electrons. The van der Waals surface area contributed by atoms with Gasteiger partial charge in [-0.05, 0) is 29.1 Å². The van der Waals surface area contributed by atoms with Crippen molar-refractivity contribution in [2.75, 3.05) is 0 Å². The van der Waals surface area contributed by atoms with Crippen molar-refractivity contribution in [1.82, 2.24) is 4.98 Å². The lowest BCUT2D eigenvalue weighted by Crippen LogP contribution is -1.76. The minimum Gasteiger partial charge on any atom is -0.435 e. The van der Waals surface area contributed by atoms with Crippen molar-refractivity contribution in [2.45, 2.75) is 5.88 Å². The number of halogens is 1. The van der Waals surface area contributed by atoms with Crippen LogP contribution in [0.25, 0.3) is 21.9 Å². The molecule has 0 unspecified atom stereocenters. The van der Waals surface area contributed by atoms with E-state index in [1.807, 2.05) is 35.7 Å². The van der Waals surface area contributed by atoms with Gasteiger partial charge in [0.1, 0.15) is 5.52 Å². The second-order valence-electron chi connectivity index (χ2n) is 3.43. The maximum absolute atomic E-state index is 5.78. The number of alkyl halides is 1. The standard InChI is InChI=1S/C12H8ClNOS/c13-7-8-3-4-10-9(6-8)14-12(15-10)11-2-1-5-16-11/h1-6H,7H2. The number of nitrogens with zero attached hydrogens (tertiary/aromatic N) is 1. The molecule has 4 heteroatoms. The van der Waals surface area contributed by atoms with E-state index in [0.717, 1.165) is 21.5 Å². The van der Waals surface area contributed by atoms with Gasteiger partial charge in [0.05, 0.1) is 4.88 Å². The van der Waals surface area contributed by atoms with Crippen LogP contribution >= 0.6 is 22.9 Å². The summed E-state index contributed by atoms with van der Waals surface area (Å²) >= 11 is 7.40. The molecule has 0 aliphatic heterocycles. The summed E-state index contributed by atoms with van der Waals surface area (Å²) in [7, 11) is 0. The highest BCUT2D eigenvalue weighted by Crippen LogP contribution is 2.28. The number of benzene rings is 1. The van der Waals surface area contributed by atoms with Gasteiger partial charge in [-0.15, -0.1) is 22.9 Å². The molecule has 0 N–H and O–H groups in total. The van der Waals surface area contributed by atoms with Crippen LogP contribution in [-0.4, -0.2) is 4.98 Å². The third-order valence-corrected chi connectivity index (χ3v) is 3.50. The van der Waals surface area contributed by atoms with E-state index < -0.39 is 0 Å². The molecule has 1 aromatic carbocycles. The van der Waals surface area contributed by atoms with E-state index in [1.165, 1.54) is 0 Å². The molecule has 0 aliphatic carbocycles. The zero-order valence-electron chi connectivity index (χ0n) is 8.31. The average molecular weight is 250 g/mol. The molecule has 0 saturated heterocycles. The van der Waals surface area contributed by atoms with E-state index >= 15 is 0 Å². The van der Waals surface area contributed by atoms with Crippen LogP contribution in [0.15, 0.2) is 40.1 Å². The Hall–Kier alpha value is -1.32. The number of hydrogen-bond donors (Lipinski definition) is 0. The van der Waals surface area contributed by atoms with E-state index in [4.69, 9.17) is 16.0 Å². The first-order valence-electron chi connectivity index (χ1n) is 4.86. The molecule has 16 heavy (non-hydrogen) atoms. The van der Waals surface area contributed by atoms with Crippen LogP contribution in [-0.2, 0) is 5.88 Å². The van der Waals surface area contributed by atoms with Gasteiger partial charge < -0.3 is 4.42 Å². The second kappa shape index (κ2) is 3.92. The highest BCUT2D eigenvalue weighted by molar-refractivity contribution is 7.13. The fraction of sp³-hybridized carbons (Fsp3) is 0.0833. The Balaban J connectivity index is 2.16. The molecule has 0 bridgehead atoms. The van der Waals surface area contributed by atoms with Gasteiger partial charge in [0.25, 0.3) is 0 Å². The molecule has 0 fully saturated rings. The monoisotopic (exact) mass is 249 g/mol. The van der Waals surface area contributed by atoms with Crippen molar-refractivity contribution in [3.63, 3.8) is 0 Å². The zero-order chi connectivity index (χ0) is 11.0. The number of thiophene rings is 1. The normalized spacial score (nSPS) is 11.1. The topological polar surface area (TPSA) is 26.0 Å². The Morgan fingerprint density at radius 1 is 1.31 bits per heavy atom. The molecule has 0 amide bonds. The van der Waals surface area contributed by atoms with Gasteiger partial charge in [-0.1, -0.05) is 12.1 Å². The van der Waals surface area contributed by atoms with E-state index in [1.54, 1.807) is 11.3 Å². The Morgan fingerprint density at radius 3 is 3.00 bits per heavy atom. The fourth-order valence-corrected chi connectivity index (χ4v) is 2.38. The highest BCUT2D eigenvalue weighted by Gasteiger charge is 2.08. The summed E-state index contributed by atoms with van der Waals surface area (Å²) in [5, 5.41) is 2.01. The molecular weight excluding hydrogens is 242 g/mol. The molecule has 2 heterocycles. The largest absolute Gasteiger partial charge is 0.435 e. The Morgan fingerprint density at radius 2 is 2.25 bits per heavy atom. The summed E-state index contributed by atoms with van der Waals surface area (Å²) in [5.74, 6) is 1.17. The lowest BCUT2D eigenvalue weighted by Gasteiger charge is -1.91. The van der Waals surface area contributed by atoms with Crippen LogP contribution in [0.1, 0.15) is 5.56 Å². The molecule has 0 saturated carbocycles. The molecule has 0 spiro atoms. The molecule has 0 atom stereocenters. The van der Waals surface area contributed by atoms with Gasteiger partial charge in [-0.3, -0.25) is 0 Å². The molecule has 0 aliphatic rings. The first-order chi connectivity index (χ1) is 7.86. The van der Waals surface area contributed by atoms with Crippen molar-refractivity contribution in [1.29, 1.82) is 0 Å². The molecule has 3 aromatic rings. The third kappa shape index (κ3) is 1.62. The minimum atomic E-state index is 0.497. The molecule has 2 aromatic heterocycles. The average Bonchev–Trinajstić information content (AvgIpc) is 2.96. The lowest BCUT2D eigenvalue weighted by atomic mass is 10.2. The van der Waals surface area contributed by atoms with E-state index in [9.17, 15) is 0 Å². The van der Waals surface area contributed by atoms with Crippen LogP contribution in [0.5, 0.6) is 0 Å². The predicted molar refractivity (Wildman–Crippen MR) is 66.9 cm³/mol. The zero-order valence-corrected chi connectivity index (χ0v) is 9.89. The van der Waals surface area contributed by atoms with Gasteiger partial charge in [0, 0.05) is 5.88 Å². The van der Waals surface area contributed by atoms with Crippen molar-refractivity contribution in [3.8, 4) is 10.8 Å². The molecule has 3 rings (SSSR count). The maximum Gasteiger partial charge on any atom is 0.237 e. The maximum atomic E-state index is 5.78. The first kappa shape index (κ1) is 9.87. The number of oxazole rings is 1. The summed E-state index contributed by atoms with van der Waals surface area (Å²) in [5.41, 5.74) is 2.72. The summed E-state index contributed by atoms with van der Waals surface area (Å²) in [4.78, 5) is 5.49. The fourth-order valence-electron chi connectivity index (χ4n) is 1.56. The predicted octanol–water partition coefficient (Wildman–Crippen LogP) is 4.30. The molecule has 0 radical (unpaired) electrons. The summed E-state index contributed by atoms with van der Waals surface area (Å²) in [6.07, 6.45) is 0. The Kier molecular flexibility index (Phi) is 2.42. The lowest BCUT2D eigenvalue weighted by molar-refractivity contribution is 0.621. The van der Waals surface area contributed by atoms with Gasteiger partial charge in [0.2, 0.25) is 5.89 Å². The van der Waals surface area contributed by atoms with Crippen LogP contribution in [0.4, 0.5) is 0 Å². The highest BCUT2D eigenvalue weighted by atomic mass is 35.5. The van der Waals surface area contributed by atoms with Crippen LogP contribution in [0.2, 0.25) is 0 Å². The SMILES string of the molecule is ClCc1ccc2oc(-c3cccs3)nc2c1. The smallest absolute Gasteiger partial charge is 0.237 e. The molecular formula is C12H8ClNOS. The van der Waals surface area contributed by atoms with Gasteiger partial charge in [-0.25, -0.2) is 4.98 Å². The van der Waals surface area contributed by atoms with Crippen molar-refractivity contribution in [3.05, 3.63) is 41.3 Å². The van der Waals surface area contributed by atoms with Crippen molar-refractivity contribution in [2.24, 2.45) is 0 Å². The quantitative estimate of drug-likeness (QED) is 0.633. The van der Waals surface area contributed by atoms with Crippen molar-refractivity contribution < 1.29 is 4.42 Å². The summed E-state index contributed by atoms with van der Waals surface area (Å²) in [6.45, 7) is 0. The van der Waals surface area contributed by atoms with E-state index in [2.05, 4.69) is 4.98 Å². The first-order valence-corrected chi connectivity index (χ1v) is 6.27. The van der Waals surface area contributed by atoms with Gasteiger partial charge in [0.15, 0.2) is 5.58 Å². The summed E-state index contributed by atoms with van der Waals surface area (Å²) in [6, 6.07) is 9.82. The van der Waals surface area contributed by atoms with E-state index in [-0.39, 0.29) is 0 Å². The van der Waals surface area contributed by atoms with Crippen LogP contribution in [0.3, 0.4) is 0 Å². The van der Waals surface area contributed by atoms with Gasteiger partial charge >= 0.3 is 0 Å². The van der Waals surface area contributed by atoms with E-state index in [0.29, 0.717) is 11.8 Å². The second-order valence-corrected chi connectivity index (χ2v) is 4.65. The Bertz CT molecular complexity index is 615. The minimum absolute atomic E-state index is 0.497. The molecule has 2 nitrogen and oxygen atoms in total. The Labute approximate surface area is 101 Å². The third-order valence-electron chi connectivity index (χ3n) is 2.34. The van der Waals surface area contributed by atoms with Crippen molar-refractivity contribution >= 4 is 34.0 Å². The van der Waals surface area contributed by atoms with Gasteiger partial charge in [-0.2, -0.15) is 0 Å². The number of hydrogen-bond acceptors (Lipinski definition) is 3.